The summed E-state index contributed by atoms with van der Waals surface area (Å²) >= 11 is 0.993. The summed E-state index contributed by atoms with van der Waals surface area (Å²) in [5, 5.41) is 2.56. The van der Waals surface area contributed by atoms with Crippen molar-refractivity contribution in [2.24, 2.45) is 0 Å². The fourth-order valence-corrected chi connectivity index (χ4v) is 3.68. The number of benzene rings is 1. The molecule has 1 fully saturated rings. The second-order valence-corrected chi connectivity index (χ2v) is 7.70. The molecule has 9 heteroatoms. The van der Waals surface area contributed by atoms with Crippen molar-refractivity contribution in [3.63, 3.8) is 0 Å². The molecule has 8 nitrogen and oxygen atoms in total. The second-order valence-electron chi connectivity index (χ2n) is 6.77. The lowest BCUT2D eigenvalue weighted by Gasteiger charge is -2.23. The maximum Gasteiger partial charge on any atom is 0.288 e. The molecular weight excluding hydrogens is 382 g/mol. The van der Waals surface area contributed by atoms with Gasteiger partial charge in [-0.15, -0.1) is 0 Å². The van der Waals surface area contributed by atoms with E-state index in [4.69, 9.17) is 9.47 Å². The van der Waals surface area contributed by atoms with Gasteiger partial charge in [-0.05, 0) is 31.5 Å². The minimum atomic E-state index is -0.299. The van der Waals surface area contributed by atoms with E-state index in [-0.39, 0.29) is 41.9 Å². The van der Waals surface area contributed by atoms with Crippen LogP contribution in [0, 0.1) is 6.92 Å². The molecule has 28 heavy (non-hydrogen) atoms. The molecule has 0 aromatic heterocycles. The smallest absolute Gasteiger partial charge is 0.288 e. The van der Waals surface area contributed by atoms with Crippen molar-refractivity contribution in [2.75, 3.05) is 40.1 Å². The number of methoxy groups -OCH3 is 2. The fraction of sp³-hybridized carbons (Fsp3) is 0.526. The van der Waals surface area contributed by atoms with Gasteiger partial charge in [0.25, 0.3) is 11.1 Å². The lowest BCUT2D eigenvalue weighted by atomic mass is 10.1. The number of rotatable bonds is 9. The van der Waals surface area contributed by atoms with Crippen molar-refractivity contribution in [3.8, 4) is 11.5 Å². The summed E-state index contributed by atoms with van der Waals surface area (Å²) in [6, 6.07) is 3.56. The van der Waals surface area contributed by atoms with Crippen LogP contribution in [0.4, 0.5) is 4.79 Å². The number of hydrogen-bond donors (Lipinski definition) is 2. The first-order chi connectivity index (χ1) is 13.3. The minimum absolute atomic E-state index is 0.123. The Morgan fingerprint density at radius 2 is 1.93 bits per heavy atom. The number of imide groups is 1. The number of nitrogens with zero attached hydrogens (tertiary/aromatic N) is 1. The number of hydrogen-bond acceptors (Lipinski definition) is 6. The molecule has 1 unspecified atom stereocenters. The van der Waals surface area contributed by atoms with Gasteiger partial charge in [0.2, 0.25) is 5.91 Å². The summed E-state index contributed by atoms with van der Waals surface area (Å²) in [4.78, 5) is 37.8. The molecule has 3 amide bonds. The molecule has 1 saturated heterocycles. The zero-order chi connectivity index (χ0) is 20.8. The molecule has 1 aromatic rings. The number of ether oxygens (including phenoxy) is 2. The van der Waals surface area contributed by atoms with Crippen LogP contribution in [0.15, 0.2) is 12.1 Å². The average Bonchev–Trinajstić information content (AvgIpc) is 3.00. The standard InChI is InChI=1S/C19H27N3O5S/c1-12-8-15(26-4)16(27-5)9-14(12)10-21(3)13(2)18(24)20-6-7-22-17(23)11-28-19(22)25/h8-9,13H,6-7,10-11H2,1-5H3,(H,20,24)/p+1/t13-/m1/s1. The van der Waals surface area contributed by atoms with Crippen molar-refractivity contribution >= 4 is 28.8 Å². The van der Waals surface area contributed by atoms with Gasteiger partial charge < -0.3 is 19.7 Å². The van der Waals surface area contributed by atoms with E-state index in [1.54, 1.807) is 14.2 Å². The number of aryl methyl sites for hydroxylation is 1. The van der Waals surface area contributed by atoms with Crippen molar-refractivity contribution < 1.29 is 28.8 Å². The SMILES string of the molecule is COc1cc(C)c(C[NH+](C)[C@H](C)C(=O)NCCN2C(=O)CSC2=O)cc1OC. The molecule has 1 aliphatic heterocycles. The molecule has 0 saturated carbocycles. The molecule has 0 radical (unpaired) electrons. The summed E-state index contributed by atoms with van der Waals surface area (Å²) in [6.07, 6.45) is 0. The topological polar surface area (TPSA) is 89.4 Å². The number of carbonyl (C=O) groups excluding carboxylic acids is 3. The van der Waals surface area contributed by atoms with Crippen molar-refractivity contribution in [2.45, 2.75) is 26.4 Å². The molecule has 0 spiro atoms. The van der Waals surface area contributed by atoms with Crippen LogP contribution in [0.5, 0.6) is 11.5 Å². The van der Waals surface area contributed by atoms with E-state index in [1.807, 2.05) is 33.0 Å². The van der Waals surface area contributed by atoms with Gasteiger partial charge in [-0.25, -0.2) is 0 Å². The van der Waals surface area contributed by atoms with E-state index in [9.17, 15) is 14.4 Å². The lowest BCUT2D eigenvalue weighted by Crippen LogP contribution is -3.12. The molecule has 154 valence electrons. The number of thioether (sulfide) groups is 1. The first kappa shape index (κ1) is 22.0. The van der Waals surface area contributed by atoms with Crippen LogP contribution in [0.1, 0.15) is 18.1 Å². The number of amides is 3. The van der Waals surface area contributed by atoms with Crippen LogP contribution in [0.3, 0.4) is 0 Å². The monoisotopic (exact) mass is 410 g/mol. The molecule has 2 N–H and O–H groups in total. The van der Waals surface area contributed by atoms with Crippen molar-refractivity contribution in [3.05, 3.63) is 23.3 Å². The minimum Gasteiger partial charge on any atom is -0.493 e. The number of carbonyl (C=O) groups is 3. The molecule has 1 heterocycles. The highest BCUT2D eigenvalue weighted by Crippen LogP contribution is 2.29. The first-order valence-corrected chi connectivity index (χ1v) is 10.1. The number of quaternary nitrogens is 1. The van der Waals surface area contributed by atoms with E-state index in [1.165, 1.54) is 4.90 Å². The molecule has 0 aliphatic carbocycles. The van der Waals surface area contributed by atoms with Gasteiger partial charge in [0, 0.05) is 18.7 Å². The average molecular weight is 411 g/mol. The third-order valence-corrected chi connectivity index (χ3v) is 5.78. The number of likely N-dealkylation sites (N-methyl/N-ethyl adjacent to an activating group) is 1. The van der Waals surface area contributed by atoms with Gasteiger partial charge in [-0.3, -0.25) is 19.3 Å². The van der Waals surface area contributed by atoms with Gasteiger partial charge in [0.15, 0.2) is 17.5 Å². The Hall–Kier alpha value is -2.26. The Kier molecular flexibility index (Phi) is 7.70. The summed E-state index contributed by atoms with van der Waals surface area (Å²) < 4.78 is 10.7. The lowest BCUT2D eigenvalue weighted by molar-refractivity contribution is -0.908. The van der Waals surface area contributed by atoms with Gasteiger partial charge in [-0.1, -0.05) is 11.8 Å². The molecule has 2 rings (SSSR count). The van der Waals surface area contributed by atoms with E-state index in [0.29, 0.717) is 18.0 Å². The predicted octanol–water partition coefficient (Wildman–Crippen LogP) is 0.227. The van der Waals surface area contributed by atoms with Crippen LogP contribution in [0.2, 0.25) is 0 Å². The summed E-state index contributed by atoms with van der Waals surface area (Å²) in [6.45, 7) is 4.95. The molecule has 0 bridgehead atoms. The predicted molar refractivity (Wildman–Crippen MR) is 107 cm³/mol. The zero-order valence-electron chi connectivity index (χ0n) is 17.0. The second kappa shape index (κ2) is 9.79. The zero-order valence-corrected chi connectivity index (χ0v) is 17.8. The largest absolute Gasteiger partial charge is 0.493 e. The highest BCUT2D eigenvalue weighted by atomic mass is 32.2. The Balaban J connectivity index is 1.91. The van der Waals surface area contributed by atoms with Crippen LogP contribution in [0.25, 0.3) is 0 Å². The number of nitrogens with one attached hydrogen (secondary N) is 2. The van der Waals surface area contributed by atoms with Crippen molar-refractivity contribution in [1.82, 2.24) is 10.2 Å². The van der Waals surface area contributed by atoms with Crippen molar-refractivity contribution in [1.29, 1.82) is 0 Å². The first-order valence-electron chi connectivity index (χ1n) is 9.07. The maximum absolute atomic E-state index is 12.4. The van der Waals surface area contributed by atoms with Crippen LogP contribution in [-0.2, 0) is 16.1 Å². The van der Waals surface area contributed by atoms with Gasteiger partial charge in [0.1, 0.15) is 6.54 Å². The van der Waals surface area contributed by atoms with Crippen LogP contribution < -0.4 is 19.7 Å². The summed E-state index contributed by atoms with van der Waals surface area (Å²) in [7, 11) is 5.14. The third kappa shape index (κ3) is 5.17. The van der Waals surface area contributed by atoms with E-state index < -0.39 is 0 Å². The normalized spacial score (nSPS) is 16.1. The molecule has 1 aromatic carbocycles. The van der Waals surface area contributed by atoms with E-state index in [2.05, 4.69) is 5.32 Å². The van der Waals surface area contributed by atoms with Crippen LogP contribution in [-0.4, -0.2) is 68.1 Å². The summed E-state index contributed by atoms with van der Waals surface area (Å²) in [5.74, 6) is 1.19. The Labute approximate surface area is 169 Å². The highest BCUT2D eigenvalue weighted by molar-refractivity contribution is 8.14. The quantitative estimate of drug-likeness (QED) is 0.606. The highest BCUT2D eigenvalue weighted by Gasteiger charge is 2.30. The molecule has 1 aliphatic rings. The van der Waals surface area contributed by atoms with Gasteiger partial charge in [0.05, 0.1) is 27.0 Å². The van der Waals surface area contributed by atoms with E-state index in [0.717, 1.165) is 27.8 Å². The van der Waals surface area contributed by atoms with Gasteiger partial charge >= 0.3 is 0 Å². The Bertz CT molecular complexity index is 739. The Morgan fingerprint density at radius 3 is 2.50 bits per heavy atom. The maximum atomic E-state index is 12.4. The Morgan fingerprint density at radius 1 is 1.29 bits per heavy atom. The van der Waals surface area contributed by atoms with Crippen LogP contribution >= 0.6 is 11.8 Å². The summed E-state index contributed by atoms with van der Waals surface area (Å²) in [5.41, 5.74) is 2.13. The van der Waals surface area contributed by atoms with E-state index >= 15 is 0 Å². The van der Waals surface area contributed by atoms with Gasteiger partial charge in [-0.2, -0.15) is 0 Å². The third-order valence-electron chi connectivity index (χ3n) is 4.92. The fourth-order valence-electron chi connectivity index (χ4n) is 2.93. The molecule has 2 atom stereocenters. The molecular formula is C19H28N3O5S+.